The van der Waals surface area contributed by atoms with Gasteiger partial charge >= 0.3 is 11.8 Å². The molecule has 2 aromatic rings. The molecule has 0 spiro atoms. The third kappa shape index (κ3) is 5.39. The summed E-state index contributed by atoms with van der Waals surface area (Å²) in [5, 5.41) is 0. The molecule has 5 nitrogen and oxygen atoms in total. The largest absolute Gasteiger partial charge is 0.337 e. The number of hydrogen-bond donors (Lipinski definition) is 0. The molecule has 1 aromatic carbocycles. The lowest BCUT2D eigenvalue weighted by molar-refractivity contribution is -0.151. The Hall–Kier alpha value is -2.69. The van der Waals surface area contributed by atoms with Crippen molar-refractivity contribution in [2.75, 3.05) is 26.7 Å². The van der Waals surface area contributed by atoms with Crippen molar-refractivity contribution in [3.8, 4) is 0 Å². The molecule has 0 aliphatic carbocycles. The van der Waals surface area contributed by atoms with E-state index in [1.165, 1.54) is 10.5 Å². The predicted octanol–water partition coefficient (Wildman–Crippen LogP) is 2.56. The maximum Gasteiger partial charge on any atom is 0.312 e. The van der Waals surface area contributed by atoms with Crippen LogP contribution in [-0.4, -0.2) is 53.3 Å². The summed E-state index contributed by atoms with van der Waals surface area (Å²) in [4.78, 5) is 32.2. The first kappa shape index (κ1) is 19.1. The summed E-state index contributed by atoms with van der Waals surface area (Å²) in [7, 11) is 1.70. The van der Waals surface area contributed by atoms with Gasteiger partial charge in [0, 0.05) is 39.1 Å². The molecule has 2 heterocycles. The Labute approximate surface area is 161 Å². The maximum atomic E-state index is 12.5. The second-order valence-electron chi connectivity index (χ2n) is 7.26. The maximum absolute atomic E-state index is 12.5. The first-order valence-electron chi connectivity index (χ1n) is 9.60. The Balaban J connectivity index is 1.44. The van der Waals surface area contributed by atoms with Crippen LogP contribution < -0.4 is 0 Å². The van der Waals surface area contributed by atoms with E-state index in [4.69, 9.17) is 0 Å². The minimum absolute atomic E-state index is 0.370. The Kier molecular flexibility index (Phi) is 6.58. The van der Waals surface area contributed by atoms with Gasteiger partial charge < -0.3 is 9.80 Å². The smallest absolute Gasteiger partial charge is 0.312 e. The number of likely N-dealkylation sites (tertiary alicyclic amines) is 1. The van der Waals surface area contributed by atoms with Crippen LogP contribution in [0.15, 0.2) is 54.9 Å². The van der Waals surface area contributed by atoms with Gasteiger partial charge in [-0.3, -0.25) is 14.6 Å². The van der Waals surface area contributed by atoms with Crippen LogP contribution in [0.2, 0.25) is 0 Å². The number of benzene rings is 1. The van der Waals surface area contributed by atoms with Gasteiger partial charge in [-0.05, 0) is 54.9 Å². The Morgan fingerprint density at radius 3 is 2.37 bits per heavy atom. The van der Waals surface area contributed by atoms with Crippen LogP contribution in [0.1, 0.15) is 24.0 Å². The molecule has 0 bridgehead atoms. The molecule has 1 saturated heterocycles. The summed E-state index contributed by atoms with van der Waals surface area (Å²) >= 11 is 0. The lowest BCUT2D eigenvalue weighted by Gasteiger charge is -2.32. The van der Waals surface area contributed by atoms with Gasteiger partial charge in [0.25, 0.3) is 0 Å². The molecule has 3 rings (SSSR count). The molecule has 0 saturated carbocycles. The number of carbonyl (C=O) groups excluding carboxylic acids is 2. The second-order valence-corrected chi connectivity index (χ2v) is 7.26. The van der Waals surface area contributed by atoms with Gasteiger partial charge in [-0.2, -0.15) is 0 Å². The number of amides is 2. The number of nitrogens with zero attached hydrogens (tertiary/aromatic N) is 3. The van der Waals surface area contributed by atoms with Crippen LogP contribution in [-0.2, 0) is 22.4 Å². The molecule has 0 N–H and O–H groups in total. The Bertz CT molecular complexity index is 741. The van der Waals surface area contributed by atoms with Crippen molar-refractivity contribution < 1.29 is 9.59 Å². The van der Waals surface area contributed by atoms with Crippen molar-refractivity contribution >= 4 is 11.8 Å². The molecular formula is C22H27N3O2. The van der Waals surface area contributed by atoms with Crippen molar-refractivity contribution in [2.24, 2.45) is 5.92 Å². The number of hydrogen-bond acceptors (Lipinski definition) is 3. The van der Waals surface area contributed by atoms with Crippen LogP contribution in [0.5, 0.6) is 0 Å². The van der Waals surface area contributed by atoms with E-state index in [1.807, 2.05) is 18.2 Å². The van der Waals surface area contributed by atoms with Gasteiger partial charge in [0.15, 0.2) is 0 Å². The average molecular weight is 365 g/mol. The van der Waals surface area contributed by atoms with E-state index in [-0.39, 0.29) is 5.91 Å². The third-order valence-electron chi connectivity index (χ3n) is 5.28. The minimum atomic E-state index is -0.412. The molecule has 27 heavy (non-hydrogen) atoms. The molecule has 2 amide bonds. The van der Waals surface area contributed by atoms with Crippen LogP contribution >= 0.6 is 0 Å². The highest BCUT2D eigenvalue weighted by Crippen LogP contribution is 2.22. The summed E-state index contributed by atoms with van der Waals surface area (Å²) in [6.45, 7) is 1.86. The summed E-state index contributed by atoms with van der Waals surface area (Å²) in [6.07, 6.45) is 7.15. The fraction of sp³-hybridized carbons (Fsp3) is 0.409. The minimum Gasteiger partial charge on any atom is -0.337 e. The highest BCUT2D eigenvalue weighted by molar-refractivity contribution is 6.34. The van der Waals surface area contributed by atoms with Gasteiger partial charge in [0.05, 0.1) is 0 Å². The van der Waals surface area contributed by atoms with Gasteiger partial charge in [0.2, 0.25) is 0 Å². The standard InChI is InChI=1S/C22H27N3O2/c1-24(14-9-18-7-12-23-13-8-18)21(26)22(27)25-15-10-20(11-16-25)17-19-5-3-2-4-6-19/h2-8,12-13,20H,9-11,14-17H2,1H3. The lowest BCUT2D eigenvalue weighted by Crippen LogP contribution is -2.47. The highest BCUT2D eigenvalue weighted by Gasteiger charge is 2.28. The zero-order chi connectivity index (χ0) is 19.1. The van der Waals surface area contributed by atoms with E-state index in [2.05, 4.69) is 29.2 Å². The number of pyridine rings is 1. The monoisotopic (exact) mass is 365 g/mol. The summed E-state index contributed by atoms with van der Waals surface area (Å²) in [6, 6.07) is 14.3. The van der Waals surface area contributed by atoms with Gasteiger partial charge in [0.1, 0.15) is 0 Å². The number of piperidine rings is 1. The van der Waals surface area contributed by atoms with Crippen LogP contribution in [0.3, 0.4) is 0 Å². The molecule has 1 aromatic heterocycles. The number of aromatic nitrogens is 1. The zero-order valence-electron chi connectivity index (χ0n) is 15.9. The molecule has 0 atom stereocenters. The number of carbonyl (C=O) groups is 2. The van der Waals surface area contributed by atoms with E-state index in [9.17, 15) is 9.59 Å². The molecule has 0 unspecified atom stereocenters. The number of likely N-dealkylation sites (N-methyl/N-ethyl adjacent to an activating group) is 1. The Morgan fingerprint density at radius 2 is 1.70 bits per heavy atom. The van der Waals surface area contributed by atoms with Crippen LogP contribution in [0.25, 0.3) is 0 Å². The Morgan fingerprint density at radius 1 is 1.04 bits per heavy atom. The molecule has 1 fully saturated rings. The first-order chi connectivity index (χ1) is 13.1. The molecule has 142 valence electrons. The molecule has 0 radical (unpaired) electrons. The van der Waals surface area contributed by atoms with E-state index >= 15 is 0 Å². The van der Waals surface area contributed by atoms with Gasteiger partial charge in [-0.1, -0.05) is 30.3 Å². The second kappa shape index (κ2) is 9.31. The van der Waals surface area contributed by atoms with Crippen molar-refractivity contribution in [1.29, 1.82) is 0 Å². The molecule has 1 aliphatic heterocycles. The van der Waals surface area contributed by atoms with E-state index in [0.29, 0.717) is 25.6 Å². The first-order valence-corrected chi connectivity index (χ1v) is 9.60. The molecular weight excluding hydrogens is 338 g/mol. The fourth-order valence-electron chi connectivity index (χ4n) is 3.53. The quantitative estimate of drug-likeness (QED) is 0.765. The molecule has 1 aliphatic rings. The zero-order valence-corrected chi connectivity index (χ0v) is 15.9. The predicted molar refractivity (Wildman–Crippen MR) is 105 cm³/mol. The van der Waals surface area contributed by atoms with Gasteiger partial charge in [-0.25, -0.2) is 0 Å². The number of rotatable bonds is 5. The summed E-state index contributed by atoms with van der Waals surface area (Å²) < 4.78 is 0. The topological polar surface area (TPSA) is 53.5 Å². The molecule has 5 heteroatoms. The van der Waals surface area contributed by atoms with E-state index in [1.54, 1.807) is 24.3 Å². The van der Waals surface area contributed by atoms with Crippen LogP contribution in [0.4, 0.5) is 0 Å². The highest BCUT2D eigenvalue weighted by atomic mass is 16.2. The lowest BCUT2D eigenvalue weighted by atomic mass is 9.90. The third-order valence-corrected chi connectivity index (χ3v) is 5.28. The van der Waals surface area contributed by atoms with E-state index in [0.717, 1.165) is 31.2 Å². The summed E-state index contributed by atoms with van der Waals surface area (Å²) in [5.41, 5.74) is 2.45. The average Bonchev–Trinajstić information content (AvgIpc) is 2.73. The normalized spacial score (nSPS) is 14.8. The summed E-state index contributed by atoms with van der Waals surface area (Å²) in [5.74, 6) is -0.202. The van der Waals surface area contributed by atoms with Gasteiger partial charge in [-0.15, -0.1) is 0 Å². The van der Waals surface area contributed by atoms with Crippen LogP contribution in [0, 0.1) is 5.92 Å². The van der Waals surface area contributed by atoms with Crippen molar-refractivity contribution in [3.05, 3.63) is 66.0 Å². The van der Waals surface area contributed by atoms with Crippen molar-refractivity contribution in [3.63, 3.8) is 0 Å². The van der Waals surface area contributed by atoms with Crippen molar-refractivity contribution in [2.45, 2.75) is 25.7 Å². The van der Waals surface area contributed by atoms with Crippen molar-refractivity contribution in [1.82, 2.24) is 14.8 Å². The fourth-order valence-corrected chi connectivity index (χ4v) is 3.53. The SMILES string of the molecule is CN(CCc1ccncc1)C(=O)C(=O)N1CCC(Cc2ccccc2)CC1. The van der Waals surface area contributed by atoms with E-state index < -0.39 is 5.91 Å².